The minimum Gasteiger partial charge on any atom is -0.508 e. The Morgan fingerprint density at radius 1 is 1.26 bits per heavy atom. The van der Waals surface area contributed by atoms with Gasteiger partial charge >= 0.3 is 5.97 Å². The molecule has 1 aromatic rings. The van der Waals surface area contributed by atoms with Crippen LogP contribution in [0.2, 0.25) is 0 Å². The standard InChI is InChI=1S/C13H21NO3.C3H6O3/c1-13(2,3)14-7-12(17)9-4-5-11(16)10(6-9)8-15;1-2(4)3(5)6/h4-6,12,14-17H,7-8H2,1-3H3;2,4H,1H3,(H,5,6)/t12-;/m0./s1. The number of rotatable bonds is 5. The summed E-state index contributed by atoms with van der Waals surface area (Å²) in [5.41, 5.74) is 1.05. The van der Waals surface area contributed by atoms with E-state index < -0.39 is 18.2 Å². The third-order valence-electron chi connectivity index (χ3n) is 2.84. The monoisotopic (exact) mass is 329 g/mol. The van der Waals surface area contributed by atoms with Gasteiger partial charge in [-0.3, -0.25) is 0 Å². The van der Waals surface area contributed by atoms with Crippen LogP contribution in [0.5, 0.6) is 5.75 Å². The SMILES string of the molecule is CC(C)(C)NC[C@H](O)c1ccc(O)c(CO)c1.CC(O)C(=O)O. The minimum absolute atomic E-state index is 0.0484. The van der Waals surface area contributed by atoms with Gasteiger partial charge in [0.05, 0.1) is 12.7 Å². The highest BCUT2D eigenvalue weighted by Crippen LogP contribution is 2.22. The van der Waals surface area contributed by atoms with Gasteiger partial charge < -0.3 is 30.8 Å². The molecular weight excluding hydrogens is 302 g/mol. The molecule has 0 aliphatic carbocycles. The van der Waals surface area contributed by atoms with Crippen molar-refractivity contribution in [1.29, 1.82) is 0 Å². The molecule has 0 aromatic heterocycles. The summed E-state index contributed by atoms with van der Waals surface area (Å²) in [6.45, 7) is 7.46. The Morgan fingerprint density at radius 3 is 2.17 bits per heavy atom. The number of aliphatic carboxylic acids is 1. The third-order valence-corrected chi connectivity index (χ3v) is 2.84. The fourth-order valence-electron chi connectivity index (χ4n) is 1.46. The lowest BCUT2D eigenvalue weighted by Crippen LogP contribution is -2.38. The number of β-amino-alcohol motifs (C(OH)–C–C–N with tert-alkyl or cyclic N) is 1. The van der Waals surface area contributed by atoms with E-state index in [9.17, 15) is 15.0 Å². The maximum atomic E-state index is 9.97. The fourth-order valence-corrected chi connectivity index (χ4v) is 1.46. The van der Waals surface area contributed by atoms with Crippen molar-refractivity contribution in [2.75, 3.05) is 6.54 Å². The van der Waals surface area contributed by atoms with Crippen LogP contribution in [0, 0.1) is 0 Å². The molecule has 0 heterocycles. The van der Waals surface area contributed by atoms with Crippen molar-refractivity contribution in [1.82, 2.24) is 5.32 Å². The predicted molar refractivity (Wildman–Crippen MR) is 86.1 cm³/mol. The minimum atomic E-state index is -1.23. The second-order valence-electron chi connectivity index (χ2n) is 6.21. The number of hydrogen-bond acceptors (Lipinski definition) is 6. The van der Waals surface area contributed by atoms with Crippen molar-refractivity contribution >= 4 is 5.97 Å². The van der Waals surface area contributed by atoms with Gasteiger partial charge in [-0.25, -0.2) is 4.79 Å². The molecule has 0 saturated carbocycles. The van der Waals surface area contributed by atoms with E-state index in [-0.39, 0.29) is 17.9 Å². The van der Waals surface area contributed by atoms with E-state index in [0.29, 0.717) is 17.7 Å². The first kappa shape index (κ1) is 21.3. The van der Waals surface area contributed by atoms with Crippen LogP contribution in [-0.2, 0) is 11.4 Å². The summed E-state index contributed by atoms with van der Waals surface area (Å²) in [5.74, 6) is -1.14. The zero-order valence-electron chi connectivity index (χ0n) is 13.9. The Labute approximate surface area is 136 Å². The van der Waals surface area contributed by atoms with Crippen molar-refractivity contribution in [3.63, 3.8) is 0 Å². The normalized spacial score (nSPS) is 13.7. The lowest BCUT2D eigenvalue weighted by molar-refractivity contribution is -0.145. The van der Waals surface area contributed by atoms with Crippen molar-refractivity contribution in [2.24, 2.45) is 0 Å². The van der Waals surface area contributed by atoms with Crippen LogP contribution < -0.4 is 5.32 Å². The van der Waals surface area contributed by atoms with Crippen molar-refractivity contribution in [3.8, 4) is 5.75 Å². The molecule has 6 N–H and O–H groups in total. The van der Waals surface area contributed by atoms with Crippen molar-refractivity contribution in [3.05, 3.63) is 29.3 Å². The second-order valence-corrected chi connectivity index (χ2v) is 6.21. The number of aliphatic hydroxyl groups is 3. The highest BCUT2D eigenvalue weighted by molar-refractivity contribution is 5.71. The third kappa shape index (κ3) is 9.14. The average molecular weight is 329 g/mol. The molecule has 2 atom stereocenters. The average Bonchev–Trinajstić information content (AvgIpc) is 2.45. The first-order valence-electron chi connectivity index (χ1n) is 7.24. The number of carboxylic acids is 1. The summed E-state index contributed by atoms with van der Waals surface area (Å²) >= 11 is 0. The highest BCUT2D eigenvalue weighted by atomic mass is 16.4. The van der Waals surface area contributed by atoms with Gasteiger partial charge in [-0.2, -0.15) is 0 Å². The second kappa shape index (κ2) is 9.46. The molecule has 0 radical (unpaired) electrons. The summed E-state index contributed by atoms with van der Waals surface area (Å²) in [7, 11) is 0. The summed E-state index contributed by atoms with van der Waals surface area (Å²) in [6.07, 6.45) is -1.88. The largest absolute Gasteiger partial charge is 0.508 e. The van der Waals surface area contributed by atoms with Gasteiger partial charge in [-0.1, -0.05) is 6.07 Å². The van der Waals surface area contributed by atoms with E-state index >= 15 is 0 Å². The van der Waals surface area contributed by atoms with Crippen LogP contribution in [0.4, 0.5) is 0 Å². The number of hydrogen-bond donors (Lipinski definition) is 6. The fraction of sp³-hybridized carbons (Fsp3) is 0.562. The molecule has 7 nitrogen and oxygen atoms in total. The molecule has 7 heteroatoms. The number of aliphatic hydroxyl groups excluding tert-OH is 3. The van der Waals surface area contributed by atoms with Crippen LogP contribution in [-0.4, -0.2) is 49.7 Å². The summed E-state index contributed by atoms with van der Waals surface area (Å²) in [4.78, 5) is 9.45. The molecule has 0 aliphatic rings. The summed E-state index contributed by atoms with van der Waals surface area (Å²) in [5, 5.41) is 47.4. The van der Waals surface area contributed by atoms with Gasteiger partial charge in [0.1, 0.15) is 11.9 Å². The van der Waals surface area contributed by atoms with Crippen LogP contribution in [0.15, 0.2) is 18.2 Å². The Morgan fingerprint density at radius 2 is 1.78 bits per heavy atom. The molecule has 1 unspecified atom stereocenters. The lowest BCUT2D eigenvalue weighted by atomic mass is 10.0. The lowest BCUT2D eigenvalue weighted by Gasteiger charge is -2.23. The van der Waals surface area contributed by atoms with Gasteiger partial charge in [0.25, 0.3) is 0 Å². The molecule has 0 aliphatic heterocycles. The maximum Gasteiger partial charge on any atom is 0.332 e. The maximum absolute atomic E-state index is 9.97. The van der Waals surface area contributed by atoms with E-state index in [1.165, 1.54) is 13.0 Å². The number of carbonyl (C=O) groups is 1. The van der Waals surface area contributed by atoms with Gasteiger partial charge in [-0.15, -0.1) is 0 Å². The van der Waals surface area contributed by atoms with E-state index in [1.807, 2.05) is 20.8 Å². The number of aromatic hydroxyl groups is 1. The summed E-state index contributed by atoms with van der Waals surface area (Å²) in [6, 6.07) is 4.76. The van der Waals surface area contributed by atoms with Crippen molar-refractivity contribution in [2.45, 2.75) is 52.0 Å². The van der Waals surface area contributed by atoms with Crippen molar-refractivity contribution < 1.29 is 30.3 Å². The molecular formula is C16H27NO6. The Kier molecular flexibility index (Phi) is 8.78. The molecule has 0 amide bonds. The zero-order valence-corrected chi connectivity index (χ0v) is 13.9. The van der Waals surface area contributed by atoms with E-state index in [1.54, 1.807) is 12.1 Å². The van der Waals surface area contributed by atoms with E-state index in [0.717, 1.165) is 0 Å². The zero-order chi connectivity index (χ0) is 18.2. The van der Waals surface area contributed by atoms with Crippen LogP contribution in [0.25, 0.3) is 0 Å². The van der Waals surface area contributed by atoms with E-state index in [2.05, 4.69) is 5.32 Å². The molecule has 0 fully saturated rings. The first-order chi connectivity index (χ1) is 10.5. The highest BCUT2D eigenvalue weighted by Gasteiger charge is 2.14. The number of nitrogens with one attached hydrogen (secondary N) is 1. The van der Waals surface area contributed by atoms with Crippen LogP contribution in [0.3, 0.4) is 0 Å². The number of phenols is 1. The smallest absolute Gasteiger partial charge is 0.332 e. The molecule has 1 aromatic carbocycles. The van der Waals surface area contributed by atoms with Gasteiger partial charge in [0.2, 0.25) is 0 Å². The molecule has 0 saturated heterocycles. The molecule has 23 heavy (non-hydrogen) atoms. The molecule has 0 bridgehead atoms. The number of carboxylic acid groups (broad SMARTS) is 1. The van der Waals surface area contributed by atoms with E-state index in [4.69, 9.17) is 15.3 Å². The molecule has 0 spiro atoms. The molecule has 1 rings (SSSR count). The molecule has 132 valence electrons. The topological polar surface area (TPSA) is 130 Å². The van der Waals surface area contributed by atoms with Crippen LogP contribution >= 0.6 is 0 Å². The van der Waals surface area contributed by atoms with Gasteiger partial charge in [-0.05, 0) is 45.4 Å². The first-order valence-corrected chi connectivity index (χ1v) is 7.24. The van der Waals surface area contributed by atoms with Gasteiger partial charge in [0.15, 0.2) is 0 Å². The van der Waals surface area contributed by atoms with Crippen LogP contribution in [0.1, 0.15) is 44.9 Å². The summed E-state index contributed by atoms with van der Waals surface area (Å²) < 4.78 is 0. The number of benzene rings is 1. The quantitative estimate of drug-likeness (QED) is 0.470. The Hall–Kier alpha value is -1.67. The van der Waals surface area contributed by atoms with Gasteiger partial charge in [0, 0.05) is 17.6 Å². The predicted octanol–water partition coefficient (Wildman–Crippen LogP) is 0.758. The Bertz CT molecular complexity index is 496. The Balaban J connectivity index is 0.000000688.